The summed E-state index contributed by atoms with van der Waals surface area (Å²) in [6.07, 6.45) is 1.72. The highest BCUT2D eigenvalue weighted by Gasteiger charge is 2.11. The van der Waals surface area contributed by atoms with Gasteiger partial charge < -0.3 is 10.6 Å². The Balaban J connectivity index is 3.66. The summed E-state index contributed by atoms with van der Waals surface area (Å²) in [6, 6.07) is 0. The molecule has 1 unspecified atom stereocenters. The molecule has 0 spiro atoms. The molecule has 0 rings (SSSR count). The number of nitrogens with one attached hydrogen (secondary N) is 2. The van der Waals surface area contributed by atoms with Crippen molar-refractivity contribution < 1.29 is 0 Å². The predicted molar refractivity (Wildman–Crippen MR) is 50.6 cm³/mol. The van der Waals surface area contributed by atoms with Crippen molar-refractivity contribution in [1.82, 2.24) is 10.6 Å². The molecule has 0 saturated carbocycles. The van der Waals surface area contributed by atoms with E-state index >= 15 is 0 Å². The first-order valence-corrected chi connectivity index (χ1v) is 4.72. The van der Waals surface area contributed by atoms with Crippen LogP contribution in [0.15, 0.2) is 0 Å². The average Bonchev–Trinajstić information content (AvgIpc) is 2.03. The second kappa shape index (κ2) is 6.62. The monoisotopic (exact) mass is 158 g/mol. The van der Waals surface area contributed by atoms with Gasteiger partial charge in [-0.1, -0.05) is 34.1 Å². The van der Waals surface area contributed by atoms with Gasteiger partial charge in [0.1, 0.15) is 0 Å². The quantitative estimate of drug-likeness (QED) is 0.573. The van der Waals surface area contributed by atoms with Gasteiger partial charge in [0.05, 0.1) is 6.17 Å². The van der Waals surface area contributed by atoms with Crippen molar-refractivity contribution >= 4 is 0 Å². The van der Waals surface area contributed by atoms with E-state index in [0.29, 0.717) is 6.17 Å². The van der Waals surface area contributed by atoms with Crippen molar-refractivity contribution in [3.8, 4) is 0 Å². The van der Waals surface area contributed by atoms with Crippen LogP contribution in [0.5, 0.6) is 0 Å². The van der Waals surface area contributed by atoms with Crippen molar-refractivity contribution in [2.75, 3.05) is 13.1 Å². The molecule has 0 aliphatic heterocycles. The van der Waals surface area contributed by atoms with Crippen molar-refractivity contribution in [2.24, 2.45) is 5.92 Å². The second-order valence-electron chi connectivity index (χ2n) is 2.98. The molecule has 0 amide bonds. The highest BCUT2D eigenvalue weighted by molar-refractivity contribution is 4.68. The molecule has 0 aliphatic rings. The van der Waals surface area contributed by atoms with E-state index < -0.39 is 0 Å². The molecular weight excluding hydrogens is 136 g/mol. The Bertz CT molecular complexity index is 77.6. The van der Waals surface area contributed by atoms with Gasteiger partial charge in [-0.3, -0.25) is 0 Å². The SMILES string of the molecule is CCNC(NCC)C(C)CC. The Morgan fingerprint density at radius 1 is 1.00 bits per heavy atom. The van der Waals surface area contributed by atoms with Crippen LogP contribution in [-0.2, 0) is 0 Å². The van der Waals surface area contributed by atoms with Crippen molar-refractivity contribution in [3.05, 3.63) is 0 Å². The molecule has 0 bridgehead atoms. The number of hydrogen-bond acceptors (Lipinski definition) is 2. The minimum atomic E-state index is 0.495. The van der Waals surface area contributed by atoms with Gasteiger partial charge in [0.2, 0.25) is 0 Å². The molecule has 0 saturated heterocycles. The van der Waals surface area contributed by atoms with Gasteiger partial charge in [-0.05, 0) is 19.0 Å². The first-order valence-electron chi connectivity index (χ1n) is 4.72. The number of rotatable bonds is 6. The lowest BCUT2D eigenvalue weighted by molar-refractivity contribution is 0.320. The van der Waals surface area contributed by atoms with E-state index in [0.717, 1.165) is 19.0 Å². The van der Waals surface area contributed by atoms with Crippen molar-refractivity contribution in [1.29, 1.82) is 0 Å². The van der Waals surface area contributed by atoms with Gasteiger partial charge in [0.15, 0.2) is 0 Å². The van der Waals surface area contributed by atoms with Crippen LogP contribution in [0, 0.1) is 5.92 Å². The van der Waals surface area contributed by atoms with Crippen LogP contribution in [0.25, 0.3) is 0 Å². The van der Waals surface area contributed by atoms with Gasteiger partial charge in [0.25, 0.3) is 0 Å². The number of hydrogen-bond donors (Lipinski definition) is 2. The van der Waals surface area contributed by atoms with Gasteiger partial charge in [0, 0.05) is 0 Å². The highest BCUT2D eigenvalue weighted by Crippen LogP contribution is 2.04. The molecule has 68 valence electrons. The Morgan fingerprint density at radius 2 is 1.45 bits per heavy atom. The fourth-order valence-electron chi connectivity index (χ4n) is 1.15. The van der Waals surface area contributed by atoms with E-state index in [9.17, 15) is 0 Å². The standard InChI is InChI=1S/C9H22N2/c1-5-8(4)9(10-6-2)11-7-3/h8-11H,5-7H2,1-4H3. The molecule has 0 fully saturated rings. The van der Waals surface area contributed by atoms with E-state index in [4.69, 9.17) is 0 Å². The highest BCUT2D eigenvalue weighted by atomic mass is 15.1. The van der Waals surface area contributed by atoms with E-state index in [-0.39, 0.29) is 0 Å². The Hall–Kier alpha value is -0.0800. The maximum Gasteiger partial charge on any atom is 0.0597 e. The Morgan fingerprint density at radius 3 is 1.73 bits per heavy atom. The molecule has 0 aromatic rings. The van der Waals surface area contributed by atoms with Crippen LogP contribution in [0.1, 0.15) is 34.1 Å². The summed E-state index contributed by atoms with van der Waals surface area (Å²) >= 11 is 0. The average molecular weight is 158 g/mol. The fourth-order valence-corrected chi connectivity index (χ4v) is 1.15. The third kappa shape index (κ3) is 4.38. The zero-order valence-corrected chi connectivity index (χ0v) is 8.28. The van der Waals surface area contributed by atoms with Crippen molar-refractivity contribution in [3.63, 3.8) is 0 Å². The third-order valence-corrected chi connectivity index (χ3v) is 2.06. The van der Waals surface area contributed by atoms with Crippen LogP contribution < -0.4 is 10.6 Å². The van der Waals surface area contributed by atoms with Gasteiger partial charge in [-0.15, -0.1) is 0 Å². The van der Waals surface area contributed by atoms with E-state index in [1.165, 1.54) is 6.42 Å². The van der Waals surface area contributed by atoms with E-state index in [2.05, 4.69) is 38.3 Å². The van der Waals surface area contributed by atoms with Gasteiger partial charge >= 0.3 is 0 Å². The fraction of sp³-hybridized carbons (Fsp3) is 1.00. The van der Waals surface area contributed by atoms with Gasteiger partial charge in [-0.25, -0.2) is 0 Å². The molecule has 0 aromatic carbocycles. The first kappa shape index (κ1) is 10.9. The normalized spacial score (nSPS) is 13.9. The van der Waals surface area contributed by atoms with Crippen LogP contribution in [0.2, 0.25) is 0 Å². The summed E-state index contributed by atoms with van der Waals surface area (Å²) in [5.74, 6) is 0.717. The molecule has 11 heavy (non-hydrogen) atoms. The van der Waals surface area contributed by atoms with E-state index in [1.807, 2.05) is 0 Å². The molecule has 0 aromatic heterocycles. The summed E-state index contributed by atoms with van der Waals surface area (Å²) < 4.78 is 0. The zero-order valence-electron chi connectivity index (χ0n) is 8.28. The minimum absolute atomic E-state index is 0.495. The molecule has 2 nitrogen and oxygen atoms in total. The molecule has 0 aliphatic carbocycles. The summed E-state index contributed by atoms with van der Waals surface area (Å²) in [7, 11) is 0. The molecule has 2 N–H and O–H groups in total. The maximum atomic E-state index is 3.42. The summed E-state index contributed by atoms with van der Waals surface area (Å²) in [4.78, 5) is 0. The maximum absolute atomic E-state index is 3.42. The molecule has 1 atom stereocenters. The van der Waals surface area contributed by atoms with E-state index in [1.54, 1.807) is 0 Å². The molecule has 2 heteroatoms. The van der Waals surface area contributed by atoms with Crippen LogP contribution in [0.3, 0.4) is 0 Å². The first-order chi connectivity index (χ1) is 5.26. The van der Waals surface area contributed by atoms with Crippen LogP contribution in [0.4, 0.5) is 0 Å². The lowest BCUT2D eigenvalue weighted by Gasteiger charge is -2.24. The second-order valence-corrected chi connectivity index (χ2v) is 2.98. The van der Waals surface area contributed by atoms with Crippen molar-refractivity contribution in [2.45, 2.75) is 40.3 Å². The minimum Gasteiger partial charge on any atom is -0.302 e. The largest absolute Gasteiger partial charge is 0.302 e. The van der Waals surface area contributed by atoms with Gasteiger partial charge in [-0.2, -0.15) is 0 Å². The Kier molecular flexibility index (Phi) is 6.57. The topological polar surface area (TPSA) is 24.1 Å². The lowest BCUT2D eigenvalue weighted by atomic mass is 10.1. The lowest BCUT2D eigenvalue weighted by Crippen LogP contribution is -2.46. The summed E-state index contributed by atoms with van der Waals surface area (Å²) in [5, 5.41) is 6.85. The van der Waals surface area contributed by atoms with Crippen LogP contribution in [-0.4, -0.2) is 19.3 Å². The Labute approximate surface area is 70.8 Å². The molecule has 0 radical (unpaired) electrons. The zero-order chi connectivity index (χ0) is 8.69. The smallest absolute Gasteiger partial charge is 0.0597 e. The summed E-state index contributed by atoms with van der Waals surface area (Å²) in [6.45, 7) is 10.9. The molecule has 0 heterocycles. The molecular formula is C9H22N2. The summed E-state index contributed by atoms with van der Waals surface area (Å²) in [5.41, 5.74) is 0. The third-order valence-electron chi connectivity index (χ3n) is 2.06. The van der Waals surface area contributed by atoms with Crippen LogP contribution >= 0.6 is 0 Å². The predicted octanol–water partition coefficient (Wildman–Crippen LogP) is 1.58.